The van der Waals surface area contributed by atoms with Gasteiger partial charge in [-0.15, -0.1) is 0 Å². The van der Waals surface area contributed by atoms with E-state index in [0.717, 1.165) is 0 Å². The van der Waals surface area contributed by atoms with Crippen LogP contribution in [-0.2, 0) is 4.79 Å². The van der Waals surface area contributed by atoms with Crippen molar-refractivity contribution >= 4 is 17.5 Å². The summed E-state index contributed by atoms with van der Waals surface area (Å²) in [5, 5.41) is 11.6. The van der Waals surface area contributed by atoms with Crippen LogP contribution in [0.4, 0.5) is 0 Å². The highest BCUT2D eigenvalue weighted by Gasteiger charge is 2.16. The third kappa shape index (κ3) is 4.33. The van der Waals surface area contributed by atoms with Crippen LogP contribution >= 0.6 is 11.6 Å². The summed E-state index contributed by atoms with van der Waals surface area (Å²) in [5.74, 6) is 0.184. The number of nitriles is 1. The third-order valence-electron chi connectivity index (χ3n) is 2.03. The fourth-order valence-electron chi connectivity index (χ4n) is 1.16. The smallest absolute Gasteiger partial charge is 0.261 e. The first-order chi connectivity index (χ1) is 8.02. The van der Waals surface area contributed by atoms with Gasteiger partial charge in [0.25, 0.3) is 5.91 Å². The Bertz CT molecular complexity index is 442. The number of ether oxygens (including phenoxy) is 1. The van der Waals surface area contributed by atoms with Gasteiger partial charge in [-0.1, -0.05) is 17.7 Å². The Labute approximate surface area is 105 Å². The maximum Gasteiger partial charge on any atom is 0.261 e. The van der Waals surface area contributed by atoms with Crippen LogP contribution in [-0.4, -0.2) is 18.1 Å². The Balaban J connectivity index is 2.57. The summed E-state index contributed by atoms with van der Waals surface area (Å²) in [6.07, 6.45) is -0.677. The highest BCUT2D eigenvalue weighted by Crippen LogP contribution is 2.18. The molecule has 1 aromatic carbocycles. The zero-order chi connectivity index (χ0) is 12.8. The van der Waals surface area contributed by atoms with Crippen molar-refractivity contribution in [3.05, 3.63) is 29.3 Å². The molecule has 0 saturated carbocycles. The summed E-state index contributed by atoms with van der Waals surface area (Å²) in [7, 11) is 0. The molecule has 1 N–H and O–H groups in total. The van der Waals surface area contributed by atoms with Crippen molar-refractivity contribution in [2.24, 2.45) is 0 Å². The molecule has 2 atom stereocenters. The van der Waals surface area contributed by atoms with Crippen molar-refractivity contribution in [2.75, 3.05) is 0 Å². The molecule has 0 heterocycles. The number of benzene rings is 1. The highest BCUT2D eigenvalue weighted by molar-refractivity contribution is 6.30. The lowest BCUT2D eigenvalue weighted by Crippen LogP contribution is -2.40. The quantitative estimate of drug-likeness (QED) is 0.893. The van der Waals surface area contributed by atoms with Gasteiger partial charge < -0.3 is 10.1 Å². The van der Waals surface area contributed by atoms with Crippen LogP contribution in [0, 0.1) is 11.3 Å². The minimum Gasteiger partial charge on any atom is -0.481 e. The number of nitrogens with zero attached hydrogens (tertiary/aromatic N) is 1. The average Bonchev–Trinajstić information content (AvgIpc) is 2.28. The Morgan fingerprint density at radius 1 is 1.53 bits per heavy atom. The summed E-state index contributed by atoms with van der Waals surface area (Å²) in [6, 6.07) is 8.17. The second-order valence-electron chi connectivity index (χ2n) is 3.58. The lowest BCUT2D eigenvalue weighted by Gasteiger charge is -2.15. The molecular formula is C12H13ClN2O2. The molecule has 0 aliphatic carbocycles. The van der Waals surface area contributed by atoms with Crippen molar-refractivity contribution in [3.8, 4) is 11.8 Å². The first-order valence-corrected chi connectivity index (χ1v) is 5.53. The Morgan fingerprint density at radius 3 is 2.82 bits per heavy atom. The predicted octanol–water partition coefficient (Wildman–Crippen LogP) is 2.14. The van der Waals surface area contributed by atoms with E-state index in [-0.39, 0.29) is 5.91 Å². The van der Waals surface area contributed by atoms with Crippen LogP contribution in [0.5, 0.6) is 5.75 Å². The van der Waals surface area contributed by atoms with E-state index in [0.29, 0.717) is 10.8 Å². The summed E-state index contributed by atoms with van der Waals surface area (Å²) < 4.78 is 5.40. The molecule has 17 heavy (non-hydrogen) atoms. The van der Waals surface area contributed by atoms with E-state index in [4.69, 9.17) is 21.6 Å². The van der Waals surface area contributed by atoms with Gasteiger partial charge in [0.1, 0.15) is 11.8 Å². The fraction of sp³-hybridized carbons (Fsp3) is 0.333. The van der Waals surface area contributed by atoms with Crippen LogP contribution in [0.15, 0.2) is 24.3 Å². The summed E-state index contributed by atoms with van der Waals surface area (Å²) in [6.45, 7) is 3.21. The van der Waals surface area contributed by atoms with Crippen molar-refractivity contribution in [2.45, 2.75) is 26.0 Å². The number of amides is 1. The number of hydrogen-bond acceptors (Lipinski definition) is 3. The highest BCUT2D eigenvalue weighted by atomic mass is 35.5. The SMILES string of the molecule is C[C@H](C#N)NC(=O)[C@H](C)Oc1cccc(Cl)c1. The zero-order valence-electron chi connectivity index (χ0n) is 9.61. The minimum absolute atomic E-state index is 0.334. The van der Waals surface area contributed by atoms with E-state index in [1.807, 2.05) is 6.07 Å². The summed E-state index contributed by atoms with van der Waals surface area (Å²) in [5.41, 5.74) is 0. The number of rotatable bonds is 4. The van der Waals surface area contributed by atoms with Crippen LogP contribution in [0.2, 0.25) is 5.02 Å². The summed E-state index contributed by atoms with van der Waals surface area (Å²) >= 11 is 5.79. The first-order valence-electron chi connectivity index (χ1n) is 5.15. The second kappa shape index (κ2) is 6.12. The molecule has 4 nitrogen and oxygen atoms in total. The Hall–Kier alpha value is -1.73. The standard InChI is InChI=1S/C12H13ClN2O2/c1-8(7-14)15-12(16)9(2)17-11-5-3-4-10(13)6-11/h3-6,8-9H,1-2H3,(H,15,16)/t8-,9+/m1/s1. The molecule has 0 saturated heterocycles. The number of carbonyl (C=O) groups excluding carboxylic acids is 1. The molecule has 1 rings (SSSR count). The molecule has 0 aliphatic rings. The third-order valence-corrected chi connectivity index (χ3v) is 2.27. The normalized spacial score (nSPS) is 13.3. The van der Waals surface area contributed by atoms with Crippen molar-refractivity contribution in [1.29, 1.82) is 5.26 Å². The monoisotopic (exact) mass is 252 g/mol. The average molecular weight is 253 g/mol. The van der Waals surface area contributed by atoms with Gasteiger partial charge in [-0.3, -0.25) is 4.79 Å². The van der Waals surface area contributed by atoms with Gasteiger partial charge in [0.2, 0.25) is 0 Å². The largest absolute Gasteiger partial charge is 0.481 e. The Morgan fingerprint density at radius 2 is 2.24 bits per heavy atom. The van der Waals surface area contributed by atoms with Crippen LogP contribution < -0.4 is 10.1 Å². The number of carbonyl (C=O) groups is 1. The van der Waals surface area contributed by atoms with Crippen LogP contribution in [0.25, 0.3) is 0 Å². The van der Waals surface area contributed by atoms with E-state index in [2.05, 4.69) is 5.32 Å². The number of halogens is 1. The molecule has 5 heteroatoms. The van der Waals surface area contributed by atoms with Crippen molar-refractivity contribution in [1.82, 2.24) is 5.32 Å². The molecule has 0 radical (unpaired) electrons. The van der Waals surface area contributed by atoms with Crippen LogP contribution in [0.1, 0.15) is 13.8 Å². The van der Waals surface area contributed by atoms with Gasteiger partial charge in [0.15, 0.2) is 6.10 Å². The van der Waals surface area contributed by atoms with Gasteiger partial charge in [0, 0.05) is 5.02 Å². The maximum atomic E-state index is 11.6. The number of nitrogens with one attached hydrogen (secondary N) is 1. The fourth-order valence-corrected chi connectivity index (χ4v) is 1.34. The van der Waals surface area contributed by atoms with E-state index in [9.17, 15) is 4.79 Å². The molecule has 0 aromatic heterocycles. The molecule has 0 fully saturated rings. The van der Waals surface area contributed by atoms with Crippen LogP contribution in [0.3, 0.4) is 0 Å². The van der Waals surface area contributed by atoms with Gasteiger partial charge in [-0.2, -0.15) is 5.26 Å². The topological polar surface area (TPSA) is 62.1 Å². The van der Waals surface area contributed by atoms with E-state index >= 15 is 0 Å². The molecule has 1 aromatic rings. The van der Waals surface area contributed by atoms with E-state index in [1.165, 1.54) is 0 Å². The molecule has 0 bridgehead atoms. The molecule has 0 unspecified atom stereocenters. The van der Waals surface area contributed by atoms with E-state index in [1.54, 1.807) is 38.1 Å². The van der Waals surface area contributed by atoms with Crippen molar-refractivity contribution < 1.29 is 9.53 Å². The molecular weight excluding hydrogens is 240 g/mol. The maximum absolute atomic E-state index is 11.6. The molecule has 90 valence electrons. The minimum atomic E-state index is -0.677. The van der Waals surface area contributed by atoms with Gasteiger partial charge in [-0.05, 0) is 32.0 Å². The first kappa shape index (κ1) is 13.3. The van der Waals surface area contributed by atoms with Gasteiger partial charge in [0.05, 0.1) is 6.07 Å². The number of hydrogen-bond donors (Lipinski definition) is 1. The molecule has 0 spiro atoms. The van der Waals surface area contributed by atoms with E-state index < -0.39 is 12.1 Å². The lowest BCUT2D eigenvalue weighted by molar-refractivity contribution is -0.127. The Kier molecular flexibility index (Phi) is 4.80. The zero-order valence-corrected chi connectivity index (χ0v) is 10.4. The van der Waals surface area contributed by atoms with Gasteiger partial charge in [-0.25, -0.2) is 0 Å². The van der Waals surface area contributed by atoms with Gasteiger partial charge >= 0.3 is 0 Å². The van der Waals surface area contributed by atoms with Crippen molar-refractivity contribution in [3.63, 3.8) is 0 Å². The summed E-state index contributed by atoms with van der Waals surface area (Å²) in [4.78, 5) is 11.6. The molecule has 1 amide bonds. The molecule has 0 aliphatic heterocycles. The lowest BCUT2D eigenvalue weighted by atomic mass is 10.3. The second-order valence-corrected chi connectivity index (χ2v) is 4.01. The predicted molar refractivity (Wildman–Crippen MR) is 64.8 cm³/mol.